The third-order valence-corrected chi connectivity index (χ3v) is 3.50. The zero-order valence-electron chi connectivity index (χ0n) is 12.9. The number of benzene rings is 2. The molecular formula is C18H23NO2. The zero-order chi connectivity index (χ0) is 15.2. The molecule has 3 heteroatoms. The molecule has 0 fully saturated rings. The van der Waals surface area contributed by atoms with E-state index >= 15 is 0 Å². The Bertz CT molecular complexity index is 583. The highest BCUT2D eigenvalue weighted by atomic mass is 16.5. The third-order valence-electron chi connectivity index (χ3n) is 3.50. The van der Waals surface area contributed by atoms with Crippen LogP contribution in [0.2, 0.25) is 0 Å². The molecule has 1 N–H and O–H groups in total. The van der Waals surface area contributed by atoms with E-state index in [1.165, 1.54) is 11.1 Å². The molecule has 0 aliphatic carbocycles. The molecule has 1 atom stereocenters. The molecule has 0 aromatic heterocycles. The van der Waals surface area contributed by atoms with Crippen molar-refractivity contribution in [3.05, 3.63) is 65.2 Å². The average Bonchev–Trinajstić information content (AvgIpc) is 2.47. The standard InChI is InChI=1S/C18H23NO2/c1-14-6-4-8-16(10-14)18(20)13-19(2)12-15-7-5-9-17(11-15)21-3/h4-11,18,20H,12-13H2,1-3H3. The Balaban J connectivity index is 1.96. The van der Waals surface area contributed by atoms with E-state index in [9.17, 15) is 5.11 Å². The largest absolute Gasteiger partial charge is 0.497 e. The molecule has 0 heterocycles. The number of aliphatic hydroxyl groups excluding tert-OH is 1. The van der Waals surface area contributed by atoms with Crippen molar-refractivity contribution in [3.8, 4) is 5.75 Å². The number of aliphatic hydroxyl groups is 1. The third kappa shape index (κ3) is 4.59. The lowest BCUT2D eigenvalue weighted by Crippen LogP contribution is -2.24. The normalized spacial score (nSPS) is 12.4. The quantitative estimate of drug-likeness (QED) is 0.885. The first-order valence-electron chi connectivity index (χ1n) is 7.14. The van der Waals surface area contributed by atoms with E-state index in [0.717, 1.165) is 17.9 Å². The smallest absolute Gasteiger partial charge is 0.119 e. The highest BCUT2D eigenvalue weighted by Crippen LogP contribution is 2.18. The number of ether oxygens (including phenoxy) is 1. The van der Waals surface area contributed by atoms with Crippen LogP contribution >= 0.6 is 0 Å². The highest BCUT2D eigenvalue weighted by molar-refractivity contribution is 5.28. The number of methoxy groups -OCH3 is 1. The van der Waals surface area contributed by atoms with Crippen LogP contribution in [0, 0.1) is 6.92 Å². The van der Waals surface area contributed by atoms with Crippen molar-refractivity contribution in [3.63, 3.8) is 0 Å². The van der Waals surface area contributed by atoms with Gasteiger partial charge in [0.1, 0.15) is 5.75 Å². The molecular weight excluding hydrogens is 262 g/mol. The summed E-state index contributed by atoms with van der Waals surface area (Å²) in [5.74, 6) is 0.861. The van der Waals surface area contributed by atoms with E-state index in [1.807, 2.05) is 56.4 Å². The molecule has 0 aliphatic heterocycles. The van der Waals surface area contributed by atoms with Gasteiger partial charge in [0, 0.05) is 13.1 Å². The predicted octanol–water partition coefficient (Wildman–Crippen LogP) is 3.17. The number of nitrogens with zero attached hydrogens (tertiary/aromatic N) is 1. The van der Waals surface area contributed by atoms with Crippen molar-refractivity contribution < 1.29 is 9.84 Å². The molecule has 1 unspecified atom stereocenters. The van der Waals surface area contributed by atoms with Crippen LogP contribution in [0.1, 0.15) is 22.8 Å². The van der Waals surface area contributed by atoms with Crippen LogP contribution in [0.15, 0.2) is 48.5 Å². The van der Waals surface area contributed by atoms with Gasteiger partial charge in [-0.2, -0.15) is 0 Å². The molecule has 0 bridgehead atoms. The minimum absolute atomic E-state index is 0.472. The summed E-state index contributed by atoms with van der Waals surface area (Å²) in [6.07, 6.45) is -0.472. The Morgan fingerprint density at radius 1 is 1.14 bits per heavy atom. The summed E-state index contributed by atoms with van der Waals surface area (Å²) in [4.78, 5) is 2.11. The zero-order valence-corrected chi connectivity index (χ0v) is 12.9. The fourth-order valence-corrected chi connectivity index (χ4v) is 2.43. The van der Waals surface area contributed by atoms with Crippen molar-refractivity contribution in [1.29, 1.82) is 0 Å². The number of hydrogen-bond donors (Lipinski definition) is 1. The predicted molar refractivity (Wildman–Crippen MR) is 85.5 cm³/mol. The minimum Gasteiger partial charge on any atom is -0.497 e. The average molecular weight is 285 g/mol. The SMILES string of the molecule is COc1cccc(CN(C)CC(O)c2cccc(C)c2)c1. The van der Waals surface area contributed by atoms with Gasteiger partial charge in [0.05, 0.1) is 13.2 Å². The first-order chi connectivity index (χ1) is 10.1. The second kappa shape index (κ2) is 7.25. The maximum atomic E-state index is 10.3. The number of hydrogen-bond acceptors (Lipinski definition) is 3. The van der Waals surface area contributed by atoms with Gasteiger partial charge in [-0.05, 0) is 37.2 Å². The second-order valence-corrected chi connectivity index (χ2v) is 5.48. The van der Waals surface area contributed by atoms with Gasteiger partial charge in [0.2, 0.25) is 0 Å². The number of rotatable bonds is 6. The molecule has 0 saturated heterocycles. The highest BCUT2D eigenvalue weighted by Gasteiger charge is 2.11. The number of aryl methyl sites for hydroxylation is 1. The lowest BCUT2D eigenvalue weighted by molar-refractivity contribution is 0.124. The van der Waals surface area contributed by atoms with E-state index in [2.05, 4.69) is 11.0 Å². The van der Waals surface area contributed by atoms with Gasteiger partial charge in [-0.3, -0.25) is 4.90 Å². The molecule has 0 radical (unpaired) electrons. The van der Waals surface area contributed by atoms with E-state index in [1.54, 1.807) is 7.11 Å². The van der Waals surface area contributed by atoms with E-state index in [4.69, 9.17) is 4.74 Å². The van der Waals surface area contributed by atoms with Crippen molar-refractivity contribution in [1.82, 2.24) is 4.90 Å². The first-order valence-corrected chi connectivity index (χ1v) is 7.14. The van der Waals surface area contributed by atoms with Gasteiger partial charge in [-0.25, -0.2) is 0 Å². The van der Waals surface area contributed by atoms with Crippen LogP contribution < -0.4 is 4.74 Å². The first kappa shape index (κ1) is 15.5. The van der Waals surface area contributed by atoms with Gasteiger partial charge in [0.25, 0.3) is 0 Å². The summed E-state index contributed by atoms with van der Waals surface area (Å²) in [6.45, 7) is 3.41. The lowest BCUT2D eigenvalue weighted by Gasteiger charge is -2.21. The monoisotopic (exact) mass is 285 g/mol. The van der Waals surface area contributed by atoms with Crippen molar-refractivity contribution in [2.24, 2.45) is 0 Å². The lowest BCUT2D eigenvalue weighted by atomic mass is 10.1. The molecule has 0 aliphatic rings. The summed E-state index contributed by atoms with van der Waals surface area (Å²) >= 11 is 0. The summed E-state index contributed by atoms with van der Waals surface area (Å²) in [6, 6.07) is 16.0. The van der Waals surface area contributed by atoms with E-state index in [0.29, 0.717) is 6.54 Å². The van der Waals surface area contributed by atoms with E-state index < -0.39 is 6.10 Å². The van der Waals surface area contributed by atoms with Crippen molar-refractivity contribution >= 4 is 0 Å². The Labute approximate surface area is 126 Å². The van der Waals surface area contributed by atoms with Crippen LogP contribution in [0.3, 0.4) is 0 Å². The maximum absolute atomic E-state index is 10.3. The molecule has 2 aromatic rings. The van der Waals surface area contributed by atoms with Crippen LogP contribution in [0.5, 0.6) is 5.75 Å². The minimum atomic E-state index is -0.472. The summed E-state index contributed by atoms with van der Waals surface area (Å²) in [5, 5.41) is 10.3. The molecule has 2 rings (SSSR count). The molecule has 112 valence electrons. The van der Waals surface area contributed by atoms with Crippen LogP contribution in [-0.4, -0.2) is 30.7 Å². The maximum Gasteiger partial charge on any atom is 0.119 e. The van der Waals surface area contributed by atoms with Gasteiger partial charge in [-0.1, -0.05) is 42.0 Å². The van der Waals surface area contributed by atoms with Gasteiger partial charge in [0.15, 0.2) is 0 Å². The van der Waals surface area contributed by atoms with Crippen LogP contribution in [0.25, 0.3) is 0 Å². The number of likely N-dealkylation sites (N-methyl/N-ethyl adjacent to an activating group) is 1. The topological polar surface area (TPSA) is 32.7 Å². The summed E-state index contributed by atoms with van der Waals surface area (Å²) in [5.41, 5.74) is 3.31. The molecule has 2 aromatic carbocycles. The molecule has 0 amide bonds. The summed E-state index contributed by atoms with van der Waals surface area (Å²) < 4.78 is 5.23. The van der Waals surface area contributed by atoms with Crippen molar-refractivity contribution in [2.75, 3.05) is 20.7 Å². The van der Waals surface area contributed by atoms with Crippen LogP contribution in [-0.2, 0) is 6.54 Å². The Hall–Kier alpha value is -1.84. The molecule has 0 saturated carbocycles. The Morgan fingerprint density at radius 3 is 2.62 bits per heavy atom. The van der Waals surface area contributed by atoms with Crippen LogP contribution in [0.4, 0.5) is 0 Å². The fourth-order valence-electron chi connectivity index (χ4n) is 2.43. The fraction of sp³-hybridized carbons (Fsp3) is 0.333. The van der Waals surface area contributed by atoms with Crippen molar-refractivity contribution in [2.45, 2.75) is 19.6 Å². The van der Waals surface area contributed by atoms with Gasteiger partial charge in [-0.15, -0.1) is 0 Å². The van der Waals surface area contributed by atoms with Gasteiger partial charge >= 0.3 is 0 Å². The Morgan fingerprint density at radius 2 is 1.90 bits per heavy atom. The summed E-state index contributed by atoms with van der Waals surface area (Å²) in [7, 11) is 3.68. The van der Waals surface area contributed by atoms with E-state index in [-0.39, 0.29) is 0 Å². The van der Waals surface area contributed by atoms with Gasteiger partial charge < -0.3 is 9.84 Å². The Kier molecular flexibility index (Phi) is 5.37. The molecule has 21 heavy (non-hydrogen) atoms. The molecule has 0 spiro atoms. The molecule has 3 nitrogen and oxygen atoms in total. The second-order valence-electron chi connectivity index (χ2n) is 5.48.